The van der Waals surface area contributed by atoms with E-state index in [9.17, 15) is 14.1 Å². The van der Waals surface area contributed by atoms with Crippen LogP contribution in [-0.4, -0.2) is 32.3 Å². The molecule has 0 spiro atoms. The fraction of sp³-hybridized carbons (Fsp3) is 0.562. The summed E-state index contributed by atoms with van der Waals surface area (Å²) in [4.78, 5) is 12.1. The lowest BCUT2D eigenvalue weighted by atomic mass is 9.94. The lowest BCUT2D eigenvalue weighted by Crippen LogP contribution is -2.41. The second kappa shape index (κ2) is 7.59. The first-order valence-electron chi connectivity index (χ1n) is 7.53. The molecule has 1 aliphatic carbocycles. The maximum Gasteiger partial charge on any atom is 0.224 e. The van der Waals surface area contributed by atoms with Gasteiger partial charge in [-0.15, -0.1) is 0 Å². The Hall–Kier alpha value is -1.36. The van der Waals surface area contributed by atoms with E-state index in [-0.39, 0.29) is 29.4 Å². The zero-order chi connectivity index (χ0) is 15.2. The quantitative estimate of drug-likeness (QED) is 0.875. The van der Waals surface area contributed by atoms with Gasteiger partial charge in [-0.1, -0.05) is 31.5 Å². The molecule has 3 atom stereocenters. The van der Waals surface area contributed by atoms with Crippen molar-refractivity contribution in [3.05, 3.63) is 29.8 Å². The number of rotatable bonds is 5. The first-order chi connectivity index (χ1) is 10.1. The predicted octanol–water partition coefficient (Wildman–Crippen LogP) is 2.13. The number of hydrogen-bond acceptors (Lipinski definition) is 3. The number of hydrogen-bond donors (Lipinski definition) is 2. The van der Waals surface area contributed by atoms with E-state index in [1.807, 2.05) is 13.0 Å². The third kappa shape index (κ3) is 4.56. The van der Waals surface area contributed by atoms with Gasteiger partial charge in [-0.3, -0.25) is 9.00 Å². The number of carbonyl (C=O) groups excluding carboxylic acids is 1. The van der Waals surface area contributed by atoms with Crippen LogP contribution in [0.25, 0.3) is 0 Å². The van der Waals surface area contributed by atoms with Crippen molar-refractivity contribution in [1.29, 1.82) is 0 Å². The van der Waals surface area contributed by atoms with Crippen molar-refractivity contribution in [2.75, 3.05) is 5.75 Å². The molecule has 0 aromatic heterocycles. The van der Waals surface area contributed by atoms with Gasteiger partial charge in [-0.05, 0) is 25.3 Å². The number of phenols is 1. The summed E-state index contributed by atoms with van der Waals surface area (Å²) in [5.74, 6) is 0.758. The molecule has 4 nitrogen and oxygen atoms in total. The molecule has 0 bridgehead atoms. The van der Waals surface area contributed by atoms with Crippen LogP contribution >= 0.6 is 0 Å². The molecular weight excluding hydrogens is 286 g/mol. The van der Waals surface area contributed by atoms with E-state index in [0.29, 0.717) is 11.3 Å². The van der Waals surface area contributed by atoms with E-state index in [1.54, 1.807) is 18.2 Å². The molecule has 1 aliphatic rings. The number of aromatic hydroxyl groups is 1. The highest BCUT2D eigenvalue weighted by Crippen LogP contribution is 2.23. The Balaban J connectivity index is 1.88. The highest BCUT2D eigenvalue weighted by atomic mass is 32.2. The van der Waals surface area contributed by atoms with Crippen LogP contribution in [0.5, 0.6) is 5.75 Å². The third-order valence-electron chi connectivity index (χ3n) is 3.99. The molecule has 116 valence electrons. The summed E-state index contributed by atoms with van der Waals surface area (Å²) < 4.78 is 11.9. The van der Waals surface area contributed by atoms with Crippen LogP contribution in [0, 0.1) is 0 Å². The van der Waals surface area contributed by atoms with Gasteiger partial charge in [0.15, 0.2) is 0 Å². The Morgan fingerprint density at radius 3 is 2.86 bits per heavy atom. The molecule has 0 saturated heterocycles. The lowest BCUT2D eigenvalue weighted by molar-refractivity contribution is -0.121. The van der Waals surface area contributed by atoms with Crippen LogP contribution in [0.4, 0.5) is 0 Å². The number of amides is 1. The summed E-state index contributed by atoms with van der Waals surface area (Å²) in [7, 11) is -0.782. The van der Waals surface area contributed by atoms with Crippen LogP contribution in [0.2, 0.25) is 0 Å². The SMILES string of the molecule is CCS(=O)C1CCCC(NC(=O)Cc2ccccc2O)C1. The van der Waals surface area contributed by atoms with Gasteiger partial charge in [0.05, 0.1) is 6.42 Å². The van der Waals surface area contributed by atoms with Gasteiger partial charge in [0.1, 0.15) is 5.75 Å². The van der Waals surface area contributed by atoms with Crippen LogP contribution in [-0.2, 0) is 22.0 Å². The van der Waals surface area contributed by atoms with E-state index < -0.39 is 10.8 Å². The summed E-state index contributed by atoms with van der Waals surface area (Å²) in [6, 6.07) is 7.00. The smallest absolute Gasteiger partial charge is 0.224 e. The third-order valence-corrected chi connectivity index (χ3v) is 5.73. The molecule has 0 radical (unpaired) electrons. The summed E-state index contributed by atoms with van der Waals surface area (Å²) in [6.45, 7) is 1.94. The largest absolute Gasteiger partial charge is 0.508 e. The second-order valence-corrected chi connectivity index (χ2v) is 7.53. The van der Waals surface area contributed by atoms with Gasteiger partial charge >= 0.3 is 0 Å². The maximum absolute atomic E-state index is 12.1. The standard InChI is InChI=1S/C16H23NO3S/c1-2-21(20)14-8-5-7-13(11-14)17-16(19)10-12-6-3-4-9-15(12)18/h3-4,6,9,13-14,18H,2,5,7-8,10-11H2,1H3,(H,17,19). The number of phenolic OH excluding ortho intramolecular Hbond substituents is 1. The highest BCUT2D eigenvalue weighted by molar-refractivity contribution is 7.85. The number of nitrogens with one attached hydrogen (secondary N) is 1. The van der Waals surface area contributed by atoms with Crippen molar-refractivity contribution in [2.24, 2.45) is 0 Å². The molecule has 0 aliphatic heterocycles. The number of carbonyl (C=O) groups is 1. The topological polar surface area (TPSA) is 66.4 Å². The fourth-order valence-electron chi connectivity index (χ4n) is 2.86. The second-order valence-electron chi connectivity index (χ2n) is 5.53. The summed E-state index contributed by atoms with van der Waals surface area (Å²) in [6.07, 6.45) is 3.94. The Bertz CT molecular complexity index is 518. The van der Waals surface area contributed by atoms with Crippen molar-refractivity contribution in [2.45, 2.75) is 50.3 Å². The Labute approximate surface area is 128 Å². The van der Waals surface area contributed by atoms with Crippen molar-refractivity contribution >= 4 is 16.7 Å². The summed E-state index contributed by atoms with van der Waals surface area (Å²) in [5.41, 5.74) is 0.638. The first-order valence-corrected chi connectivity index (χ1v) is 8.91. The van der Waals surface area contributed by atoms with Gasteiger partial charge < -0.3 is 10.4 Å². The minimum atomic E-state index is -0.782. The van der Waals surface area contributed by atoms with Crippen LogP contribution in [0.1, 0.15) is 38.2 Å². The minimum absolute atomic E-state index is 0.0792. The zero-order valence-corrected chi connectivity index (χ0v) is 13.2. The number of benzene rings is 1. The molecule has 1 aromatic rings. The molecule has 0 heterocycles. The molecule has 2 N–H and O–H groups in total. The first kappa shape index (κ1) is 16.0. The average molecular weight is 309 g/mol. The van der Waals surface area contributed by atoms with Crippen LogP contribution in [0.3, 0.4) is 0 Å². The Morgan fingerprint density at radius 1 is 1.38 bits per heavy atom. The van der Waals surface area contributed by atoms with E-state index in [2.05, 4.69) is 5.32 Å². The number of para-hydroxylation sites is 1. The van der Waals surface area contributed by atoms with Gasteiger partial charge in [-0.25, -0.2) is 0 Å². The highest BCUT2D eigenvalue weighted by Gasteiger charge is 2.26. The molecular formula is C16H23NO3S. The predicted molar refractivity (Wildman–Crippen MR) is 84.7 cm³/mol. The molecule has 1 aromatic carbocycles. The maximum atomic E-state index is 12.1. The molecule has 1 fully saturated rings. The minimum Gasteiger partial charge on any atom is -0.508 e. The van der Waals surface area contributed by atoms with E-state index in [0.717, 1.165) is 25.7 Å². The van der Waals surface area contributed by atoms with Crippen molar-refractivity contribution in [3.63, 3.8) is 0 Å². The normalized spacial score (nSPS) is 23.5. The molecule has 5 heteroatoms. The summed E-state index contributed by atoms with van der Waals surface area (Å²) >= 11 is 0. The zero-order valence-electron chi connectivity index (χ0n) is 12.4. The molecule has 1 amide bonds. The van der Waals surface area contributed by atoms with E-state index >= 15 is 0 Å². The Morgan fingerprint density at radius 2 is 2.14 bits per heavy atom. The average Bonchev–Trinajstić information content (AvgIpc) is 2.49. The van der Waals surface area contributed by atoms with E-state index in [1.165, 1.54) is 0 Å². The van der Waals surface area contributed by atoms with E-state index in [4.69, 9.17) is 0 Å². The van der Waals surface area contributed by atoms with Gasteiger partial charge in [0.2, 0.25) is 5.91 Å². The van der Waals surface area contributed by atoms with Gasteiger partial charge in [-0.2, -0.15) is 0 Å². The monoisotopic (exact) mass is 309 g/mol. The van der Waals surface area contributed by atoms with Crippen molar-refractivity contribution < 1.29 is 14.1 Å². The molecule has 2 rings (SSSR count). The molecule has 21 heavy (non-hydrogen) atoms. The summed E-state index contributed by atoms with van der Waals surface area (Å²) in [5, 5.41) is 12.9. The molecule has 1 saturated carbocycles. The van der Waals surface area contributed by atoms with Crippen molar-refractivity contribution in [1.82, 2.24) is 5.32 Å². The Kier molecular flexibility index (Phi) is 5.79. The fourth-order valence-corrected chi connectivity index (χ4v) is 4.21. The molecule has 3 unspecified atom stereocenters. The van der Waals surface area contributed by atoms with Gasteiger partial charge in [0, 0.05) is 33.4 Å². The van der Waals surface area contributed by atoms with Crippen LogP contribution in [0.15, 0.2) is 24.3 Å². The lowest BCUT2D eigenvalue weighted by Gasteiger charge is -2.29. The van der Waals surface area contributed by atoms with Crippen molar-refractivity contribution in [3.8, 4) is 5.75 Å². The van der Waals surface area contributed by atoms with Crippen LogP contribution < -0.4 is 5.32 Å². The van der Waals surface area contributed by atoms with Gasteiger partial charge in [0.25, 0.3) is 0 Å².